The third kappa shape index (κ3) is 3.40. The number of nitrogens with zero attached hydrogens (tertiary/aromatic N) is 7. The molecule has 0 radical (unpaired) electrons. The Balaban J connectivity index is 1.27. The normalized spacial score (nSPS) is 16.5. The van der Waals surface area contributed by atoms with Crippen molar-refractivity contribution in [3.63, 3.8) is 0 Å². The summed E-state index contributed by atoms with van der Waals surface area (Å²) in [4.78, 5) is 30.3. The van der Waals surface area contributed by atoms with Crippen LogP contribution in [-0.4, -0.2) is 47.6 Å². The van der Waals surface area contributed by atoms with E-state index in [2.05, 4.69) is 25.6 Å². The van der Waals surface area contributed by atoms with Crippen molar-refractivity contribution >= 4 is 46.4 Å². The van der Waals surface area contributed by atoms with Crippen LogP contribution in [-0.2, 0) is 9.59 Å². The van der Waals surface area contributed by atoms with E-state index in [4.69, 9.17) is 0 Å². The van der Waals surface area contributed by atoms with E-state index >= 15 is 0 Å². The second-order valence-corrected chi connectivity index (χ2v) is 8.70. The second-order valence-electron chi connectivity index (χ2n) is 7.71. The maximum atomic E-state index is 12.1. The molecule has 1 saturated carbocycles. The number of rotatable bonds is 5. The first kappa shape index (κ1) is 18.3. The number of imidazole rings is 1. The highest BCUT2D eigenvalue weighted by atomic mass is 32.2. The van der Waals surface area contributed by atoms with Crippen LogP contribution >= 0.6 is 11.8 Å². The predicted octanol–water partition coefficient (Wildman–Crippen LogP) is 2.40. The van der Waals surface area contributed by atoms with Gasteiger partial charge < -0.3 is 10.2 Å². The largest absolute Gasteiger partial charge is 0.311 e. The standard InChI is InChI=1S/C20H18N8O2S/c29-18-2-1-9-26(18)13-5-6-16-23-24-20(27(16)10-13)31-17-8-7-15-21-14(11-28(15)25-17)22-19(30)12-3-4-12/h5-8,10-12H,1-4,9H2,(H,22,30). The lowest BCUT2D eigenvalue weighted by Gasteiger charge is -2.15. The molecule has 4 aromatic heterocycles. The van der Waals surface area contributed by atoms with E-state index in [0.29, 0.717) is 33.7 Å². The minimum Gasteiger partial charge on any atom is -0.311 e. The van der Waals surface area contributed by atoms with Crippen molar-refractivity contribution in [3.05, 3.63) is 36.7 Å². The fourth-order valence-corrected chi connectivity index (χ4v) is 4.43. The number of fused-ring (bicyclic) bond motifs is 2. The number of aromatic nitrogens is 6. The van der Waals surface area contributed by atoms with Gasteiger partial charge in [0.2, 0.25) is 17.0 Å². The Hall–Kier alpha value is -3.47. The fraction of sp³-hybridized carbons (Fsp3) is 0.300. The molecule has 0 atom stereocenters. The molecule has 11 heteroatoms. The van der Waals surface area contributed by atoms with Crippen molar-refractivity contribution in [2.24, 2.45) is 5.92 Å². The molecule has 0 spiro atoms. The van der Waals surface area contributed by atoms with E-state index in [0.717, 1.165) is 31.5 Å². The predicted molar refractivity (Wildman–Crippen MR) is 113 cm³/mol. The molecule has 2 fully saturated rings. The maximum Gasteiger partial charge on any atom is 0.228 e. The van der Waals surface area contributed by atoms with E-state index in [1.807, 2.05) is 34.9 Å². The highest BCUT2D eigenvalue weighted by Gasteiger charge is 2.30. The summed E-state index contributed by atoms with van der Waals surface area (Å²) >= 11 is 1.37. The topological polar surface area (TPSA) is 110 Å². The third-order valence-electron chi connectivity index (χ3n) is 5.43. The van der Waals surface area contributed by atoms with Crippen LogP contribution in [0.15, 0.2) is 46.8 Å². The van der Waals surface area contributed by atoms with Crippen molar-refractivity contribution in [2.45, 2.75) is 35.9 Å². The van der Waals surface area contributed by atoms with E-state index in [9.17, 15) is 9.59 Å². The SMILES string of the molecule is O=C(Nc1cn2nc(Sc3nnc4ccc(N5CCCC5=O)cn34)ccc2n1)C1CC1. The van der Waals surface area contributed by atoms with Crippen molar-refractivity contribution in [3.8, 4) is 0 Å². The van der Waals surface area contributed by atoms with Crippen LogP contribution in [0, 0.1) is 5.92 Å². The van der Waals surface area contributed by atoms with E-state index in [1.54, 1.807) is 15.6 Å². The molecular weight excluding hydrogens is 416 g/mol. The van der Waals surface area contributed by atoms with Gasteiger partial charge >= 0.3 is 0 Å². The average Bonchev–Trinajstić information content (AvgIpc) is 3.24. The summed E-state index contributed by atoms with van der Waals surface area (Å²) in [7, 11) is 0. The van der Waals surface area contributed by atoms with Crippen LogP contribution < -0.4 is 10.2 Å². The molecule has 6 rings (SSSR count). The molecule has 1 aliphatic heterocycles. The smallest absolute Gasteiger partial charge is 0.228 e. The van der Waals surface area contributed by atoms with Crippen molar-refractivity contribution < 1.29 is 9.59 Å². The Morgan fingerprint density at radius 3 is 2.77 bits per heavy atom. The Morgan fingerprint density at radius 2 is 1.97 bits per heavy atom. The van der Waals surface area contributed by atoms with Crippen LogP contribution in [0.3, 0.4) is 0 Å². The monoisotopic (exact) mass is 434 g/mol. The zero-order valence-corrected chi connectivity index (χ0v) is 17.2. The lowest BCUT2D eigenvalue weighted by molar-refractivity contribution is -0.118. The molecule has 1 N–H and O–H groups in total. The summed E-state index contributed by atoms with van der Waals surface area (Å²) in [6.07, 6.45) is 6.94. The number of nitrogens with one attached hydrogen (secondary N) is 1. The minimum absolute atomic E-state index is 0.0141. The van der Waals surface area contributed by atoms with Crippen LogP contribution in [0.5, 0.6) is 0 Å². The molecule has 1 saturated heterocycles. The van der Waals surface area contributed by atoms with Gasteiger partial charge in [-0.25, -0.2) is 9.50 Å². The summed E-state index contributed by atoms with van der Waals surface area (Å²) in [5.41, 5.74) is 2.19. The number of pyridine rings is 1. The highest BCUT2D eigenvalue weighted by molar-refractivity contribution is 7.99. The Labute approximate surface area is 180 Å². The highest BCUT2D eigenvalue weighted by Crippen LogP contribution is 2.30. The van der Waals surface area contributed by atoms with Gasteiger partial charge in [-0.1, -0.05) is 0 Å². The number of anilines is 2. The first-order valence-corrected chi connectivity index (χ1v) is 11.0. The van der Waals surface area contributed by atoms with Crippen molar-refractivity contribution in [1.82, 2.24) is 29.2 Å². The molecule has 0 bridgehead atoms. The molecule has 31 heavy (non-hydrogen) atoms. The van der Waals surface area contributed by atoms with Gasteiger partial charge in [0.05, 0.1) is 11.9 Å². The van der Waals surface area contributed by atoms with E-state index < -0.39 is 0 Å². The molecule has 0 unspecified atom stereocenters. The second kappa shape index (κ2) is 7.05. The fourth-order valence-electron chi connectivity index (χ4n) is 3.66. The molecule has 0 aromatic carbocycles. The van der Waals surface area contributed by atoms with Crippen LogP contribution in [0.1, 0.15) is 25.7 Å². The first-order chi connectivity index (χ1) is 15.1. The summed E-state index contributed by atoms with van der Waals surface area (Å²) in [6.45, 7) is 0.730. The zero-order valence-electron chi connectivity index (χ0n) is 16.4. The maximum absolute atomic E-state index is 12.1. The van der Waals surface area contributed by atoms with Crippen molar-refractivity contribution in [1.29, 1.82) is 0 Å². The number of hydrogen-bond acceptors (Lipinski definition) is 7. The molecular formula is C20H18N8O2S. The molecule has 4 aromatic rings. The van der Waals surface area contributed by atoms with Gasteiger partial charge in [0.15, 0.2) is 17.1 Å². The number of carbonyl (C=O) groups is 2. The lowest BCUT2D eigenvalue weighted by atomic mass is 10.3. The van der Waals surface area contributed by atoms with Gasteiger partial charge in [0.25, 0.3) is 0 Å². The van der Waals surface area contributed by atoms with Crippen LogP contribution in [0.2, 0.25) is 0 Å². The van der Waals surface area contributed by atoms with Gasteiger partial charge in [0, 0.05) is 25.1 Å². The number of hydrogen-bond donors (Lipinski definition) is 1. The summed E-state index contributed by atoms with van der Waals surface area (Å²) < 4.78 is 3.51. The van der Waals surface area contributed by atoms with Gasteiger partial charge in [-0.05, 0) is 55.3 Å². The Morgan fingerprint density at radius 1 is 1.10 bits per heavy atom. The first-order valence-electron chi connectivity index (χ1n) is 10.1. The number of carbonyl (C=O) groups excluding carboxylic acids is 2. The molecule has 2 amide bonds. The van der Waals surface area contributed by atoms with Crippen LogP contribution in [0.4, 0.5) is 11.5 Å². The van der Waals surface area contributed by atoms with E-state index in [-0.39, 0.29) is 17.7 Å². The summed E-state index contributed by atoms with van der Waals surface area (Å²) in [5.74, 6) is 0.768. The van der Waals surface area contributed by atoms with Gasteiger partial charge in [-0.2, -0.15) is 5.10 Å². The number of amides is 2. The summed E-state index contributed by atoms with van der Waals surface area (Å²) in [6, 6.07) is 7.46. The Bertz CT molecular complexity index is 1340. The Kier molecular flexibility index (Phi) is 4.16. The quantitative estimate of drug-likeness (QED) is 0.514. The molecule has 5 heterocycles. The molecule has 1 aliphatic carbocycles. The molecule has 156 valence electrons. The van der Waals surface area contributed by atoms with Gasteiger partial charge in [-0.15, -0.1) is 10.2 Å². The lowest BCUT2D eigenvalue weighted by Crippen LogP contribution is -2.23. The third-order valence-corrected chi connectivity index (χ3v) is 6.32. The molecule has 2 aliphatic rings. The average molecular weight is 434 g/mol. The zero-order chi connectivity index (χ0) is 20.9. The van der Waals surface area contributed by atoms with E-state index in [1.165, 1.54) is 11.8 Å². The van der Waals surface area contributed by atoms with Gasteiger partial charge in [-0.3, -0.25) is 14.0 Å². The van der Waals surface area contributed by atoms with Crippen LogP contribution in [0.25, 0.3) is 11.3 Å². The summed E-state index contributed by atoms with van der Waals surface area (Å²) in [5, 5.41) is 17.3. The van der Waals surface area contributed by atoms with Gasteiger partial charge in [0.1, 0.15) is 5.03 Å². The molecule has 10 nitrogen and oxygen atoms in total. The van der Waals surface area contributed by atoms with Crippen molar-refractivity contribution in [2.75, 3.05) is 16.8 Å². The minimum atomic E-state index is 0.0141.